The predicted molar refractivity (Wildman–Crippen MR) is 456 cm³/mol. The third-order valence-electron chi connectivity index (χ3n) is 22.5. The number of nitrogens with zero attached hydrogens (tertiary/aromatic N) is 8. The SMILES string of the molecule is COc1cc(CC(=O)NC2CCN(c3ccc(C(=O)NO)cn3)CC2)cc(OC)c1OC.O=C(CC(c1ccccc1)c1ccccc1)NC1CCN(c2ccc(C(=O)NO)cn2)CC1.O=C(Cc1c[nH]c2ccccc12)NC1CCN(c2ccc(C(=O)NO)cn2)CC1.O=C(NO)c1ccc(N2CCC(NC(=O)C3CCc4ccccc43)CC2)nc1. The Morgan fingerprint density at radius 3 is 1.17 bits per heavy atom. The molecule has 0 saturated carbocycles. The van der Waals surface area contributed by atoms with Crippen LogP contribution in [0.2, 0.25) is 0 Å². The number of ether oxygens (including phenoxy) is 3. The van der Waals surface area contributed by atoms with Crippen molar-refractivity contribution >= 4 is 81.4 Å². The van der Waals surface area contributed by atoms with E-state index in [0.717, 1.165) is 173 Å². The molecule has 0 spiro atoms. The van der Waals surface area contributed by atoms with Crippen molar-refractivity contribution in [3.8, 4) is 17.2 Å². The summed E-state index contributed by atoms with van der Waals surface area (Å²) in [6, 6.07) is 54.1. The molecule has 638 valence electrons. The molecule has 4 fully saturated rings. The van der Waals surface area contributed by atoms with Crippen molar-refractivity contribution in [1.82, 2.24) is 68.1 Å². The summed E-state index contributed by atoms with van der Waals surface area (Å²) in [4.78, 5) is 125. The number of benzene rings is 5. The average Bonchev–Trinajstić information content (AvgIpc) is 1.51. The van der Waals surface area contributed by atoms with Crippen LogP contribution in [0.4, 0.5) is 23.3 Å². The molecule has 8 amide bonds. The van der Waals surface area contributed by atoms with Crippen molar-refractivity contribution in [2.75, 3.05) is 93.3 Å². The summed E-state index contributed by atoms with van der Waals surface area (Å²) in [5.41, 5.74) is 15.1. The first-order valence-corrected chi connectivity index (χ1v) is 40.7. The van der Waals surface area contributed by atoms with Crippen LogP contribution in [0.5, 0.6) is 17.2 Å². The van der Waals surface area contributed by atoms with E-state index in [-0.39, 0.29) is 71.6 Å². The first-order chi connectivity index (χ1) is 59.4. The number of fused-ring (bicyclic) bond motifs is 2. The summed E-state index contributed by atoms with van der Waals surface area (Å²) >= 11 is 0. The van der Waals surface area contributed by atoms with E-state index in [1.165, 1.54) is 43.0 Å². The summed E-state index contributed by atoms with van der Waals surface area (Å²) in [5, 5.41) is 48.5. The van der Waals surface area contributed by atoms with E-state index in [4.69, 9.17) is 35.0 Å². The standard InChI is InChI=1S/C26H28N4O3.C22H28N4O6.C21H23N5O3.C21H24N4O3/c31-25(17-23(19-7-3-1-4-8-19)20-9-5-2-6-10-20)28-22-13-15-30(16-14-22)24-12-11-21(18-27-24)26(32)29-33;1-30-17-10-14(11-18(31-2)21(17)32-3)12-20(27)24-16-6-8-26(9-7-16)19-5-4-15(13-23-19)22(28)25-29;27-20(11-15-13-22-18-4-2-1-3-17(15)18)24-16-7-9-26(10-8-16)19-6-5-14(12-23-19)21(28)25-29;26-20(24-28)15-6-8-19(22-13-15)25-11-9-16(10-12-25)23-21(27)18-7-5-14-3-1-2-4-17(14)18/h1-12,18,22-23,33H,13-17H2,(H,28,31)(H,29,32);4-5,10-11,13,16,29H,6-9,12H2,1-3H3,(H,24,27)(H,25,28);1-6,12-13,16,22,29H,7-11H2,(H,24,27)(H,25,28);1-4,6,8,13,16,18,28H,5,7,9-12H2,(H,23,27)(H,24,26). The van der Waals surface area contributed by atoms with Crippen LogP contribution in [0, 0.1) is 0 Å². The van der Waals surface area contributed by atoms with Crippen LogP contribution in [0.3, 0.4) is 0 Å². The number of nitrogens with one attached hydrogen (secondary N) is 9. The van der Waals surface area contributed by atoms with Gasteiger partial charge in [-0.3, -0.25) is 59.2 Å². The number of para-hydroxylation sites is 1. The molecule has 0 radical (unpaired) electrons. The molecule has 5 aliphatic rings. The number of piperidine rings is 4. The van der Waals surface area contributed by atoms with Crippen LogP contribution in [0.1, 0.15) is 151 Å². The predicted octanol–water partition coefficient (Wildman–Crippen LogP) is 9.09. The number of hydrogen-bond donors (Lipinski definition) is 13. The van der Waals surface area contributed by atoms with Crippen LogP contribution in [0.15, 0.2) is 201 Å². The fourth-order valence-corrected chi connectivity index (χ4v) is 15.9. The Labute approximate surface area is 706 Å². The molecule has 15 rings (SSSR count). The van der Waals surface area contributed by atoms with Gasteiger partial charge in [0.2, 0.25) is 29.4 Å². The second-order valence-electron chi connectivity index (χ2n) is 30.3. The van der Waals surface area contributed by atoms with Crippen molar-refractivity contribution in [2.24, 2.45) is 0 Å². The van der Waals surface area contributed by atoms with E-state index < -0.39 is 23.6 Å². The molecule has 32 heteroatoms. The number of H-pyrrole nitrogens is 1. The second-order valence-corrected chi connectivity index (χ2v) is 30.3. The smallest absolute Gasteiger partial charge is 0.276 e. The number of methoxy groups -OCH3 is 3. The number of anilines is 4. The summed E-state index contributed by atoms with van der Waals surface area (Å²) in [7, 11) is 4.62. The minimum Gasteiger partial charge on any atom is -0.493 e. The lowest BCUT2D eigenvalue weighted by Gasteiger charge is -2.33. The topological polar surface area (TPSA) is 422 Å². The molecule has 9 heterocycles. The molecule has 32 nitrogen and oxygen atoms in total. The summed E-state index contributed by atoms with van der Waals surface area (Å²) < 4.78 is 16.0. The fraction of sp³-hybridized carbons (Fsp3) is 0.333. The van der Waals surface area contributed by atoms with Gasteiger partial charge < -0.3 is 60.1 Å². The van der Waals surface area contributed by atoms with Gasteiger partial charge in [0.1, 0.15) is 23.3 Å². The van der Waals surface area contributed by atoms with Crippen LogP contribution in [-0.4, -0.2) is 191 Å². The summed E-state index contributed by atoms with van der Waals surface area (Å²) in [6.07, 6.45) is 17.1. The largest absolute Gasteiger partial charge is 0.493 e. The number of aryl methyl sites for hydroxylation is 1. The zero-order chi connectivity index (χ0) is 85.9. The number of hydroxylamine groups is 4. The van der Waals surface area contributed by atoms with E-state index in [2.05, 4.69) is 102 Å². The maximum Gasteiger partial charge on any atom is 0.276 e. The zero-order valence-electron chi connectivity index (χ0n) is 68.2. The van der Waals surface area contributed by atoms with Crippen LogP contribution in [-0.2, 0) is 38.4 Å². The highest BCUT2D eigenvalue weighted by atomic mass is 16.5. The number of amides is 8. The summed E-state index contributed by atoms with van der Waals surface area (Å²) in [6.45, 7) is 6.14. The van der Waals surface area contributed by atoms with Crippen molar-refractivity contribution < 1.29 is 73.4 Å². The number of rotatable bonds is 24. The fourth-order valence-electron chi connectivity index (χ4n) is 15.9. The minimum absolute atomic E-state index is 0.0197. The minimum atomic E-state index is -0.599. The molecule has 1 unspecified atom stereocenters. The van der Waals surface area contributed by atoms with Gasteiger partial charge in [-0.2, -0.15) is 0 Å². The van der Waals surface area contributed by atoms with E-state index in [0.29, 0.717) is 46.8 Å². The Morgan fingerprint density at radius 1 is 0.418 bits per heavy atom. The van der Waals surface area contributed by atoms with E-state index in [9.17, 15) is 38.4 Å². The van der Waals surface area contributed by atoms with Gasteiger partial charge in [-0.25, -0.2) is 41.9 Å². The third-order valence-corrected chi connectivity index (χ3v) is 22.5. The highest BCUT2D eigenvalue weighted by molar-refractivity contribution is 5.95. The van der Waals surface area contributed by atoms with Crippen molar-refractivity contribution in [3.63, 3.8) is 0 Å². The molecule has 5 aromatic heterocycles. The van der Waals surface area contributed by atoms with Gasteiger partial charge in [-0.15, -0.1) is 0 Å². The van der Waals surface area contributed by atoms with E-state index in [1.807, 2.05) is 79.0 Å². The summed E-state index contributed by atoms with van der Waals surface area (Å²) in [5.74, 6) is 2.43. The molecule has 1 atom stereocenters. The molecule has 13 N–H and O–H groups in total. The quantitative estimate of drug-likeness (QED) is 0.0198. The Kier molecular flexibility index (Phi) is 31.2. The zero-order valence-corrected chi connectivity index (χ0v) is 68.2. The molecule has 5 aromatic carbocycles. The van der Waals surface area contributed by atoms with Gasteiger partial charge in [0.25, 0.3) is 23.6 Å². The first-order valence-electron chi connectivity index (χ1n) is 40.7. The number of carbonyl (C=O) groups is 8. The Morgan fingerprint density at radius 2 is 0.787 bits per heavy atom. The van der Waals surface area contributed by atoms with Crippen LogP contribution < -0.4 is 77.0 Å². The molecule has 4 saturated heterocycles. The first kappa shape index (κ1) is 87.7. The number of hydrogen-bond acceptors (Lipinski definition) is 23. The Hall–Kier alpha value is -13.6. The number of pyridine rings is 4. The van der Waals surface area contributed by atoms with Crippen LogP contribution >= 0.6 is 0 Å². The lowest BCUT2D eigenvalue weighted by atomic mass is 9.88. The maximum atomic E-state index is 13.0. The monoisotopic (exact) mass is 1660 g/mol. The molecule has 4 aliphatic heterocycles. The van der Waals surface area contributed by atoms with E-state index >= 15 is 0 Å². The number of carbonyl (C=O) groups excluding carboxylic acids is 8. The Bertz CT molecular complexity index is 5070. The van der Waals surface area contributed by atoms with Gasteiger partial charge in [0.05, 0.1) is 62.3 Å². The molecular formula is C90H103N17O15. The van der Waals surface area contributed by atoms with Crippen molar-refractivity contribution in [2.45, 2.75) is 119 Å². The third kappa shape index (κ3) is 23.5. The molecule has 10 aromatic rings. The highest BCUT2D eigenvalue weighted by Crippen LogP contribution is 2.39. The molecule has 0 bridgehead atoms. The van der Waals surface area contributed by atoms with Gasteiger partial charge in [0.15, 0.2) is 11.5 Å². The normalized spacial score (nSPS) is 15.4. The Balaban J connectivity index is 0.000000149. The number of aromatic amines is 1. The van der Waals surface area contributed by atoms with E-state index in [1.54, 1.807) is 96.8 Å². The van der Waals surface area contributed by atoms with Gasteiger partial charge >= 0.3 is 0 Å². The lowest BCUT2D eigenvalue weighted by molar-refractivity contribution is -0.123. The number of aromatic nitrogens is 5. The van der Waals surface area contributed by atoms with Crippen molar-refractivity contribution in [3.05, 3.63) is 256 Å². The highest BCUT2D eigenvalue weighted by Gasteiger charge is 2.33. The average molecular weight is 1660 g/mol. The maximum absolute atomic E-state index is 13.0. The van der Waals surface area contributed by atoms with Crippen molar-refractivity contribution in [1.29, 1.82) is 0 Å². The van der Waals surface area contributed by atoms with Crippen LogP contribution in [0.25, 0.3) is 10.9 Å². The van der Waals surface area contributed by atoms with Gasteiger partial charge in [-0.1, -0.05) is 103 Å². The molecule has 1 aliphatic carbocycles. The second kappa shape index (κ2) is 43.4. The molecule has 122 heavy (non-hydrogen) atoms. The lowest BCUT2D eigenvalue weighted by Crippen LogP contribution is -2.46. The van der Waals surface area contributed by atoms with Gasteiger partial charge in [0, 0.05) is 131 Å². The van der Waals surface area contributed by atoms with Gasteiger partial charge in [-0.05, 0) is 164 Å². The molecular weight excluding hydrogens is 1560 g/mol.